The van der Waals surface area contributed by atoms with Crippen LogP contribution in [0.15, 0.2) is 64.0 Å². The number of carbonyl (C=O) groups excluding carboxylic acids is 1. The van der Waals surface area contributed by atoms with Gasteiger partial charge in [-0.15, -0.1) is 0 Å². The highest BCUT2D eigenvalue weighted by molar-refractivity contribution is 8.03. The molecule has 0 aliphatic carbocycles. The fraction of sp³-hybridized carbons (Fsp3) is 0.158. The van der Waals surface area contributed by atoms with Crippen LogP contribution in [-0.2, 0) is 4.79 Å². The summed E-state index contributed by atoms with van der Waals surface area (Å²) in [5.74, 6) is 0.901. The minimum atomic E-state index is -0.0879. The standard InChI is InChI=1S/C19H17N3O2S/c1-2-24-13-9-7-12(8-10-13)22-17(23)11-14(18(22)20)19-21-15-5-3-4-6-16(15)25-19/h3-10,20-21H,2,11H2,1H3/b19-14+,20-18?. The lowest BCUT2D eigenvalue weighted by Gasteiger charge is -2.16. The molecule has 0 bridgehead atoms. The molecule has 2 N–H and O–H groups in total. The van der Waals surface area contributed by atoms with Gasteiger partial charge in [-0.05, 0) is 43.3 Å². The van der Waals surface area contributed by atoms with Crippen molar-refractivity contribution < 1.29 is 9.53 Å². The number of amidine groups is 1. The fourth-order valence-corrected chi connectivity index (χ4v) is 3.99. The van der Waals surface area contributed by atoms with Gasteiger partial charge in [0, 0.05) is 10.5 Å². The first kappa shape index (κ1) is 15.8. The summed E-state index contributed by atoms with van der Waals surface area (Å²) in [6.45, 7) is 2.52. The molecule has 6 heteroatoms. The Morgan fingerprint density at radius 1 is 1.20 bits per heavy atom. The number of anilines is 2. The van der Waals surface area contributed by atoms with Crippen molar-refractivity contribution in [3.63, 3.8) is 0 Å². The molecular weight excluding hydrogens is 334 g/mol. The van der Waals surface area contributed by atoms with Crippen LogP contribution in [0.2, 0.25) is 0 Å². The third kappa shape index (κ3) is 2.78. The van der Waals surface area contributed by atoms with Gasteiger partial charge in [0.25, 0.3) is 0 Å². The van der Waals surface area contributed by atoms with Crippen molar-refractivity contribution in [2.75, 3.05) is 16.8 Å². The highest BCUT2D eigenvalue weighted by Gasteiger charge is 2.35. The maximum atomic E-state index is 12.5. The Kier molecular flexibility index (Phi) is 3.97. The molecule has 1 fully saturated rings. The lowest BCUT2D eigenvalue weighted by molar-refractivity contribution is -0.116. The Balaban J connectivity index is 1.62. The number of hydrogen-bond acceptors (Lipinski definition) is 5. The van der Waals surface area contributed by atoms with Crippen molar-refractivity contribution in [2.45, 2.75) is 18.2 Å². The van der Waals surface area contributed by atoms with E-state index in [1.807, 2.05) is 55.5 Å². The molecule has 2 aromatic rings. The number of carbonyl (C=O) groups is 1. The molecule has 0 saturated carbocycles. The Labute approximate surface area is 150 Å². The van der Waals surface area contributed by atoms with Crippen molar-refractivity contribution in [3.8, 4) is 5.75 Å². The molecule has 5 nitrogen and oxygen atoms in total. The second-order valence-electron chi connectivity index (χ2n) is 5.71. The van der Waals surface area contributed by atoms with Gasteiger partial charge < -0.3 is 10.1 Å². The van der Waals surface area contributed by atoms with Gasteiger partial charge in [0.2, 0.25) is 5.91 Å². The first-order valence-corrected chi connectivity index (χ1v) is 8.91. The first-order chi connectivity index (χ1) is 12.2. The number of hydrogen-bond donors (Lipinski definition) is 2. The monoisotopic (exact) mass is 351 g/mol. The lowest BCUT2D eigenvalue weighted by atomic mass is 10.2. The number of thioether (sulfide) groups is 1. The second kappa shape index (κ2) is 6.29. The molecule has 2 aliphatic heterocycles. The molecule has 0 spiro atoms. The van der Waals surface area contributed by atoms with E-state index in [0.717, 1.165) is 26.9 Å². The van der Waals surface area contributed by atoms with Crippen LogP contribution < -0.4 is 15.0 Å². The quantitative estimate of drug-likeness (QED) is 0.868. The van der Waals surface area contributed by atoms with E-state index in [0.29, 0.717) is 12.3 Å². The van der Waals surface area contributed by atoms with Crippen molar-refractivity contribution in [2.24, 2.45) is 0 Å². The number of para-hydroxylation sites is 1. The number of nitrogens with one attached hydrogen (secondary N) is 2. The summed E-state index contributed by atoms with van der Waals surface area (Å²) >= 11 is 1.57. The van der Waals surface area contributed by atoms with Gasteiger partial charge in [0.1, 0.15) is 11.6 Å². The molecule has 25 heavy (non-hydrogen) atoms. The Hall–Kier alpha value is -2.73. The van der Waals surface area contributed by atoms with Crippen LogP contribution in [0.3, 0.4) is 0 Å². The van der Waals surface area contributed by atoms with Gasteiger partial charge in [0.15, 0.2) is 0 Å². The summed E-state index contributed by atoms with van der Waals surface area (Å²) in [6.07, 6.45) is 0.232. The predicted octanol–water partition coefficient (Wildman–Crippen LogP) is 4.23. The number of nitrogens with zero attached hydrogens (tertiary/aromatic N) is 1. The van der Waals surface area contributed by atoms with E-state index < -0.39 is 0 Å². The van der Waals surface area contributed by atoms with Gasteiger partial charge in [0.05, 0.1) is 29.4 Å². The molecule has 0 atom stereocenters. The third-order valence-electron chi connectivity index (χ3n) is 4.11. The van der Waals surface area contributed by atoms with E-state index in [2.05, 4.69) is 5.32 Å². The average molecular weight is 351 g/mol. The van der Waals surface area contributed by atoms with Crippen LogP contribution in [0.25, 0.3) is 0 Å². The zero-order valence-corrected chi connectivity index (χ0v) is 14.5. The van der Waals surface area contributed by atoms with Crippen molar-refractivity contribution in [1.82, 2.24) is 0 Å². The maximum Gasteiger partial charge on any atom is 0.237 e. The molecule has 0 unspecified atom stereocenters. The van der Waals surface area contributed by atoms with Gasteiger partial charge >= 0.3 is 0 Å². The van der Waals surface area contributed by atoms with Gasteiger partial charge in [-0.2, -0.15) is 0 Å². The van der Waals surface area contributed by atoms with E-state index in [-0.39, 0.29) is 18.2 Å². The Morgan fingerprint density at radius 2 is 1.96 bits per heavy atom. The summed E-state index contributed by atoms with van der Waals surface area (Å²) in [7, 11) is 0. The van der Waals surface area contributed by atoms with Crippen LogP contribution in [-0.4, -0.2) is 18.3 Å². The average Bonchev–Trinajstić information content (AvgIpc) is 3.17. The largest absolute Gasteiger partial charge is 0.494 e. The first-order valence-electron chi connectivity index (χ1n) is 8.09. The molecule has 126 valence electrons. The van der Waals surface area contributed by atoms with Crippen LogP contribution in [0, 0.1) is 5.41 Å². The zero-order chi connectivity index (χ0) is 17.4. The summed E-state index contributed by atoms with van der Waals surface area (Å²) in [5, 5.41) is 12.7. The molecule has 0 aromatic heterocycles. The van der Waals surface area contributed by atoms with Gasteiger partial charge in [-0.3, -0.25) is 15.1 Å². The highest BCUT2D eigenvalue weighted by atomic mass is 32.2. The molecular formula is C19H17N3O2S. The molecule has 2 heterocycles. The lowest BCUT2D eigenvalue weighted by Crippen LogP contribution is -2.28. The highest BCUT2D eigenvalue weighted by Crippen LogP contribution is 2.44. The van der Waals surface area contributed by atoms with E-state index in [4.69, 9.17) is 10.1 Å². The minimum Gasteiger partial charge on any atom is -0.494 e. The molecule has 1 saturated heterocycles. The molecule has 4 rings (SSSR count). The smallest absolute Gasteiger partial charge is 0.237 e. The summed E-state index contributed by atoms with van der Waals surface area (Å²) < 4.78 is 5.44. The van der Waals surface area contributed by atoms with E-state index >= 15 is 0 Å². The van der Waals surface area contributed by atoms with Crippen LogP contribution in [0.1, 0.15) is 13.3 Å². The predicted molar refractivity (Wildman–Crippen MR) is 100 cm³/mol. The second-order valence-corrected chi connectivity index (χ2v) is 6.76. The Bertz CT molecular complexity index is 863. The van der Waals surface area contributed by atoms with Crippen molar-refractivity contribution >= 4 is 34.9 Å². The van der Waals surface area contributed by atoms with Crippen LogP contribution >= 0.6 is 11.8 Å². The van der Waals surface area contributed by atoms with E-state index in [1.54, 1.807) is 11.8 Å². The third-order valence-corrected chi connectivity index (χ3v) is 5.24. The van der Waals surface area contributed by atoms with Crippen LogP contribution in [0.5, 0.6) is 5.75 Å². The maximum absolute atomic E-state index is 12.5. The molecule has 1 amide bonds. The number of fused-ring (bicyclic) bond motifs is 1. The summed E-state index contributed by atoms with van der Waals surface area (Å²) in [6, 6.07) is 15.3. The van der Waals surface area contributed by atoms with E-state index in [9.17, 15) is 4.79 Å². The normalized spacial score (nSPS) is 19.2. The number of ether oxygens (including phenoxy) is 1. The van der Waals surface area contributed by atoms with Crippen molar-refractivity contribution in [3.05, 3.63) is 59.1 Å². The number of benzene rings is 2. The topological polar surface area (TPSA) is 65.4 Å². The van der Waals surface area contributed by atoms with Gasteiger partial charge in [-0.1, -0.05) is 23.9 Å². The van der Waals surface area contributed by atoms with E-state index in [1.165, 1.54) is 4.90 Å². The van der Waals surface area contributed by atoms with Gasteiger partial charge in [-0.25, -0.2) is 0 Å². The zero-order valence-electron chi connectivity index (χ0n) is 13.7. The SMILES string of the molecule is CCOc1ccc(N2C(=N)/C(=C3\Nc4ccccc4S3)CC2=O)cc1. The van der Waals surface area contributed by atoms with Crippen molar-refractivity contribution in [1.29, 1.82) is 5.41 Å². The fourth-order valence-electron chi connectivity index (χ4n) is 2.95. The molecule has 2 aromatic carbocycles. The molecule has 0 radical (unpaired) electrons. The number of amides is 1. The molecule has 2 aliphatic rings. The summed E-state index contributed by atoms with van der Waals surface area (Å²) in [5.41, 5.74) is 2.45. The minimum absolute atomic E-state index is 0.0879. The number of rotatable bonds is 3. The Morgan fingerprint density at radius 3 is 2.68 bits per heavy atom. The summed E-state index contributed by atoms with van der Waals surface area (Å²) in [4.78, 5) is 15.1. The van der Waals surface area contributed by atoms with Crippen LogP contribution in [0.4, 0.5) is 11.4 Å².